The number of amides is 2. The SMILES string of the molecule is CC(Nc1cccc(NC(=O)C2CC2)c1)C(=O)NC(C)(C)C. The Bertz CT molecular complexity index is 559. The lowest BCUT2D eigenvalue weighted by Crippen LogP contribution is -2.47. The van der Waals surface area contributed by atoms with E-state index in [9.17, 15) is 9.59 Å². The summed E-state index contributed by atoms with van der Waals surface area (Å²) in [5.41, 5.74) is 1.31. The summed E-state index contributed by atoms with van der Waals surface area (Å²) >= 11 is 0. The molecule has 3 N–H and O–H groups in total. The second-order valence-corrected chi connectivity index (χ2v) is 6.95. The van der Waals surface area contributed by atoms with Crippen molar-refractivity contribution in [2.45, 2.75) is 52.1 Å². The van der Waals surface area contributed by atoms with Gasteiger partial charge in [-0.3, -0.25) is 9.59 Å². The van der Waals surface area contributed by atoms with Gasteiger partial charge < -0.3 is 16.0 Å². The molecule has 120 valence electrons. The Labute approximate surface area is 131 Å². The maximum atomic E-state index is 12.1. The molecule has 0 aromatic heterocycles. The van der Waals surface area contributed by atoms with E-state index in [-0.39, 0.29) is 29.3 Å². The fourth-order valence-corrected chi connectivity index (χ4v) is 2.07. The largest absolute Gasteiger partial charge is 0.374 e. The molecule has 0 aliphatic heterocycles. The van der Waals surface area contributed by atoms with Gasteiger partial charge in [0.15, 0.2) is 0 Å². The Balaban J connectivity index is 1.94. The van der Waals surface area contributed by atoms with Gasteiger partial charge in [-0.2, -0.15) is 0 Å². The van der Waals surface area contributed by atoms with E-state index in [2.05, 4.69) is 16.0 Å². The molecule has 0 saturated heterocycles. The van der Waals surface area contributed by atoms with Gasteiger partial charge >= 0.3 is 0 Å². The molecule has 1 fully saturated rings. The molecular formula is C17H25N3O2. The first-order valence-electron chi connectivity index (χ1n) is 7.74. The van der Waals surface area contributed by atoms with Gasteiger partial charge in [-0.25, -0.2) is 0 Å². The van der Waals surface area contributed by atoms with Crippen molar-refractivity contribution in [3.8, 4) is 0 Å². The average Bonchev–Trinajstić information content (AvgIpc) is 3.21. The van der Waals surface area contributed by atoms with Crippen LogP contribution in [0.2, 0.25) is 0 Å². The van der Waals surface area contributed by atoms with Crippen LogP contribution >= 0.6 is 0 Å². The molecule has 0 spiro atoms. The van der Waals surface area contributed by atoms with E-state index in [4.69, 9.17) is 0 Å². The van der Waals surface area contributed by atoms with Crippen LogP contribution in [0, 0.1) is 5.92 Å². The zero-order valence-electron chi connectivity index (χ0n) is 13.7. The monoisotopic (exact) mass is 303 g/mol. The molecule has 1 unspecified atom stereocenters. The molecule has 1 aromatic carbocycles. The van der Waals surface area contributed by atoms with Crippen molar-refractivity contribution in [2.75, 3.05) is 10.6 Å². The summed E-state index contributed by atoms with van der Waals surface area (Å²) in [5, 5.41) is 9.00. The molecule has 5 heteroatoms. The van der Waals surface area contributed by atoms with Crippen LogP contribution in [0.25, 0.3) is 0 Å². The quantitative estimate of drug-likeness (QED) is 0.783. The number of carbonyl (C=O) groups is 2. The maximum Gasteiger partial charge on any atom is 0.242 e. The minimum Gasteiger partial charge on any atom is -0.374 e. The van der Waals surface area contributed by atoms with E-state index in [0.29, 0.717) is 0 Å². The van der Waals surface area contributed by atoms with Crippen LogP contribution < -0.4 is 16.0 Å². The number of nitrogens with one attached hydrogen (secondary N) is 3. The normalized spacial score (nSPS) is 15.8. The van der Waals surface area contributed by atoms with Crippen LogP contribution in [0.1, 0.15) is 40.5 Å². The number of hydrogen-bond acceptors (Lipinski definition) is 3. The Morgan fingerprint density at radius 2 is 1.82 bits per heavy atom. The second kappa shape index (κ2) is 6.38. The van der Waals surface area contributed by atoms with Crippen molar-refractivity contribution < 1.29 is 9.59 Å². The number of rotatable bonds is 5. The summed E-state index contributed by atoms with van der Waals surface area (Å²) in [6.07, 6.45) is 1.96. The van der Waals surface area contributed by atoms with Crippen LogP contribution in [-0.4, -0.2) is 23.4 Å². The molecule has 2 amide bonds. The number of carbonyl (C=O) groups excluding carboxylic acids is 2. The zero-order chi connectivity index (χ0) is 16.3. The fourth-order valence-electron chi connectivity index (χ4n) is 2.07. The van der Waals surface area contributed by atoms with E-state index < -0.39 is 0 Å². The smallest absolute Gasteiger partial charge is 0.242 e. The summed E-state index contributed by atoms with van der Waals surface area (Å²) in [5.74, 6) is 0.198. The van der Waals surface area contributed by atoms with E-state index in [1.54, 1.807) is 0 Å². The van der Waals surface area contributed by atoms with Gasteiger partial charge in [0.1, 0.15) is 6.04 Å². The van der Waals surface area contributed by atoms with Crippen molar-refractivity contribution in [2.24, 2.45) is 5.92 Å². The van der Waals surface area contributed by atoms with Crippen molar-refractivity contribution in [3.05, 3.63) is 24.3 Å². The first kappa shape index (κ1) is 16.3. The highest BCUT2D eigenvalue weighted by molar-refractivity contribution is 5.94. The van der Waals surface area contributed by atoms with Crippen molar-refractivity contribution in [1.29, 1.82) is 0 Å². The molecule has 0 heterocycles. The maximum absolute atomic E-state index is 12.1. The third kappa shape index (κ3) is 5.06. The summed E-state index contributed by atoms with van der Waals surface area (Å²) in [6.45, 7) is 7.67. The van der Waals surface area contributed by atoms with Crippen molar-refractivity contribution >= 4 is 23.2 Å². The fraction of sp³-hybridized carbons (Fsp3) is 0.529. The molecule has 1 aliphatic carbocycles. The standard InChI is InChI=1S/C17H25N3O2/c1-11(15(21)20-17(2,3)4)18-13-6-5-7-14(10-13)19-16(22)12-8-9-12/h5-7,10-12,18H,8-9H2,1-4H3,(H,19,22)(H,20,21). The van der Waals surface area contributed by atoms with Crippen LogP contribution in [0.15, 0.2) is 24.3 Å². The molecule has 1 aliphatic rings. The molecule has 22 heavy (non-hydrogen) atoms. The van der Waals surface area contributed by atoms with Crippen LogP contribution in [0.5, 0.6) is 0 Å². The van der Waals surface area contributed by atoms with Crippen molar-refractivity contribution in [3.63, 3.8) is 0 Å². The van der Waals surface area contributed by atoms with Gasteiger partial charge in [0, 0.05) is 22.8 Å². The highest BCUT2D eigenvalue weighted by Gasteiger charge is 2.29. The molecule has 5 nitrogen and oxygen atoms in total. The lowest BCUT2D eigenvalue weighted by Gasteiger charge is -2.24. The Morgan fingerprint density at radius 1 is 1.18 bits per heavy atom. The number of hydrogen-bond donors (Lipinski definition) is 3. The van der Waals surface area contributed by atoms with Gasteiger partial charge in [0.05, 0.1) is 0 Å². The third-order valence-corrected chi connectivity index (χ3v) is 3.35. The Kier molecular flexibility index (Phi) is 4.74. The van der Waals surface area contributed by atoms with E-state index in [1.165, 1.54) is 0 Å². The molecule has 1 atom stereocenters. The Morgan fingerprint density at radius 3 is 2.41 bits per heavy atom. The van der Waals surface area contributed by atoms with Crippen LogP contribution in [-0.2, 0) is 9.59 Å². The first-order valence-corrected chi connectivity index (χ1v) is 7.74. The molecule has 0 radical (unpaired) electrons. The lowest BCUT2D eigenvalue weighted by atomic mass is 10.1. The van der Waals surface area contributed by atoms with Crippen LogP contribution in [0.3, 0.4) is 0 Å². The Hall–Kier alpha value is -2.04. The van der Waals surface area contributed by atoms with E-state index in [1.807, 2.05) is 52.0 Å². The first-order chi connectivity index (χ1) is 10.2. The molecular weight excluding hydrogens is 278 g/mol. The van der Waals surface area contributed by atoms with Gasteiger partial charge in [0.2, 0.25) is 11.8 Å². The molecule has 2 rings (SSSR count). The van der Waals surface area contributed by atoms with E-state index in [0.717, 1.165) is 24.2 Å². The van der Waals surface area contributed by atoms with Crippen molar-refractivity contribution in [1.82, 2.24) is 5.32 Å². The molecule has 1 aromatic rings. The predicted molar refractivity (Wildman–Crippen MR) is 88.8 cm³/mol. The minimum atomic E-state index is -0.353. The highest BCUT2D eigenvalue weighted by Crippen LogP contribution is 2.30. The summed E-state index contributed by atoms with van der Waals surface area (Å²) < 4.78 is 0. The van der Waals surface area contributed by atoms with Gasteiger partial charge in [-0.15, -0.1) is 0 Å². The van der Waals surface area contributed by atoms with Crippen LogP contribution in [0.4, 0.5) is 11.4 Å². The third-order valence-electron chi connectivity index (χ3n) is 3.35. The van der Waals surface area contributed by atoms with Gasteiger partial charge in [-0.1, -0.05) is 6.07 Å². The number of benzene rings is 1. The van der Waals surface area contributed by atoms with E-state index >= 15 is 0 Å². The highest BCUT2D eigenvalue weighted by atomic mass is 16.2. The summed E-state index contributed by atoms with van der Waals surface area (Å²) in [7, 11) is 0. The number of anilines is 2. The van der Waals surface area contributed by atoms with Gasteiger partial charge in [-0.05, 0) is 58.7 Å². The molecule has 0 bridgehead atoms. The minimum absolute atomic E-state index is 0.0556. The lowest BCUT2D eigenvalue weighted by molar-refractivity contribution is -0.123. The molecule has 1 saturated carbocycles. The second-order valence-electron chi connectivity index (χ2n) is 6.95. The predicted octanol–water partition coefficient (Wildman–Crippen LogP) is 2.75. The van der Waals surface area contributed by atoms with Gasteiger partial charge in [0.25, 0.3) is 0 Å². The summed E-state index contributed by atoms with van der Waals surface area (Å²) in [4.78, 5) is 23.9. The topological polar surface area (TPSA) is 70.2 Å². The zero-order valence-corrected chi connectivity index (χ0v) is 13.7. The summed E-state index contributed by atoms with van der Waals surface area (Å²) in [6, 6.07) is 7.09. The average molecular weight is 303 g/mol.